The number of hydrogen-bond donors (Lipinski definition) is 0. The third-order valence-corrected chi connectivity index (χ3v) is 16.7. The van der Waals surface area contributed by atoms with Gasteiger partial charge in [-0.3, -0.25) is 0 Å². The van der Waals surface area contributed by atoms with Crippen molar-refractivity contribution in [1.82, 2.24) is 19.1 Å². The zero-order chi connectivity index (χ0) is 47.5. The number of nitrogens with zero attached hydrogens (tertiary/aromatic N) is 4. The number of fused-ring (bicyclic) bond motifs is 4. The van der Waals surface area contributed by atoms with E-state index in [0.717, 1.165) is 52.1 Å². The van der Waals surface area contributed by atoms with E-state index in [4.69, 9.17) is 9.97 Å². The Morgan fingerprint density at radius 1 is 0.444 bits per heavy atom. The molecule has 0 radical (unpaired) electrons. The van der Waals surface area contributed by atoms with Gasteiger partial charge in [0.25, 0.3) is 0 Å². The summed E-state index contributed by atoms with van der Waals surface area (Å²) in [5.41, 5.74) is 20.2. The second kappa shape index (κ2) is 17.8. The first-order valence-corrected chi connectivity index (χ1v) is 26.4. The molecule has 0 fully saturated rings. The highest BCUT2D eigenvalue weighted by Crippen LogP contribution is 2.51. The van der Waals surface area contributed by atoms with Crippen LogP contribution in [0.4, 0.5) is 0 Å². The fourth-order valence-electron chi connectivity index (χ4n) is 11.0. The van der Waals surface area contributed by atoms with Gasteiger partial charge in [0, 0.05) is 44.8 Å². The second-order valence-electron chi connectivity index (χ2n) is 18.7. The molecule has 14 rings (SSSR count). The minimum absolute atomic E-state index is 0.302. The van der Waals surface area contributed by atoms with E-state index in [9.17, 15) is 0 Å². The van der Waals surface area contributed by atoms with Crippen LogP contribution in [-0.4, -0.2) is 19.1 Å². The normalized spacial score (nSPS) is 14.8. The van der Waals surface area contributed by atoms with Crippen LogP contribution >= 0.6 is 22.7 Å². The molecule has 12 aromatic rings. The van der Waals surface area contributed by atoms with Crippen LogP contribution in [0.25, 0.3) is 109 Å². The SMILES string of the molecule is C1=CC(c2nc3ccccc3s2)CC=C1C1=CC=C(n2c(-c3c(-c4ccccc4)c4ccccc4n3-c3ccc(-c4ccc(-c5nc6ccccc6s5)cc4)cc3)c(-c3ccccc3)c3ccccc32)CC1. The summed E-state index contributed by atoms with van der Waals surface area (Å²) in [7, 11) is 0. The standard InChI is InChI=1S/C66H46N4S2/c1-3-15-47(16-4-1)61-53-19-7-11-23-57(53)69(51-39-35-45(36-40-51)43-27-31-49(32-28-43)65-67-55-21-9-13-25-59(55)71-65)63(61)64-62(48-17-5-2-6-18-48)54-20-8-12-24-58(54)70(64)52-41-37-46(38-42-52)44-29-33-50(34-30-44)66-68-56-22-10-14-26-60(56)72-66/h1-33,35-37,39-41,50H,34,38,42H2. The Balaban J connectivity index is 0.922. The van der Waals surface area contributed by atoms with Crippen LogP contribution in [0, 0.1) is 0 Å². The molecule has 8 aromatic carbocycles. The molecule has 0 amide bonds. The first-order valence-electron chi connectivity index (χ1n) is 24.8. The van der Waals surface area contributed by atoms with Gasteiger partial charge in [0.05, 0.1) is 42.9 Å². The summed E-state index contributed by atoms with van der Waals surface area (Å²) in [6.45, 7) is 0. The quantitative estimate of drug-likeness (QED) is 0.144. The highest BCUT2D eigenvalue weighted by Gasteiger charge is 2.30. The lowest BCUT2D eigenvalue weighted by Gasteiger charge is -2.23. The Morgan fingerprint density at radius 3 is 1.58 bits per heavy atom. The molecule has 4 heterocycles. The number of allylic oxidation sites excluding steroid dienone is 8. The van der Waals surface area contributed by atoms with Gasteiger partial charge in [0.2, 0.25) is 0 Å². The second-order valence-corrected chi connectivity index (χ2v) is 20.8. The summed E-state index contributed by atoms with van der Waals surface area (Å²) in [6, 6.07) is 74.8. The van der Waals surface area contributed by atoms with E-state index in [1.807, 2.05) is 11.3 Å². The molecule has 6 heteroatoms. The van der Waals surface area contributed by atoms with Crippen LogP contribution in [0.3, 0.4) is 0 Å². The average molecular weight is 959 g/mol. The van der Waals surface area contributed by atoms with E-state index in [0.29, 0.717) is 5.92 Å². The fourth-order valence-corrected chi connectivity index (χ4v) is 13.1. The molecular formula is C66H46N4S2. The van der Waals surface area contributed by atoms with Crippen LogP contribution in [-0.2, 0) is 0 Å². The summed E-state index contributed by atoms with van der Waals surface area (Å²) in [4.78, 5) is 9.93. The van der Waals surface area contributed by atoms with Crippen molar-refractivity contribution in [3.63, 3.8) is 0 Å². The number of rotatable bonds is 9. The predicted octanol–water partition coefficient (Wildman–Crippen LogP) is 18.4. The van der Waals surface area contributed by atoms with E-state index >= 15 is 0 Å². The Kier molecular flexibility index (Phi) is 10.5. The van der Waals surface area contributed by atoms with E-state index in [1.54, 1.807) is 11.3 Å². The molecule has 0 saturated heterocycles. The van der Waals surface area contributed by atoms with E-state index in [1.165, 1.54) is 92.3 Å². The molecule has 2 aliphatic carbocycles. The fraction of sp³-hybridized carbons (Fsp3) is 0.0606. The third-order valence-electron chi connectivity index (χ3n) is 14.5. The summed E-state index contributed by atoms with van der Waals surface area (Å²) in [6.07, 6.45) is 14.7. The lowest BCUT2D eigenvalue weighted by atomic mass is 9.89. The summed E-state index contributed by atoms with van der Waals surface area (Å²) < 4.78 is 7.58. The molecule has 1 atom stereocenters. The van der Waals surface area contributed by atoms with Crippen molar-refractivity contribution in [3.8, 4) is 61.0 Å². The number of thiazole rings is 2. The van der Waals surface area contributed by atoms with Gasteiger partial charge in [-0.05, 0) is 107 Å². The van der Waals surface area contributed by atoms with E-state index in [2.05, 4.69) is 246 Å². The van der Waals surface area contributed by atoms with Gasteiger partial charge < -0.3 is 9.13 Å². The molecule has 0 bridgehead atoms. The van der Waals surface area contributed by atoms with Gasteiger partial charge in [-0.2, -0.15) is 0 Å². The summed E-state index contributed by atoms with van der Waals surface area (Å²) in [5, 5.41) is 4.68. The van der Waals surface area contributed by atoms with Crippen molar-refractivity contribution in [1.29, 1.82) is 0 Å². The van der Waals surface area contributed by atoms with Crippen LogP contribution in [0.1, 0.15) is 30.2 Å². The Morgan fingerprint density at radius 2 is 0.986 bits per heavy atom. The predicted molar refractivity (Wildman–Crippen MR) is 305 cm³/mol. The van der Waals surface area contributed by atoms with Crippen molar-refractivity contribution in [2.45, 2.75) is 25.2 Å². The molecule has 1 unspecified atom stereocenters. The Labute approximate surface area is 426 Å². The molecule has 0 spiro atoms. The highest BCUT2D eigenvalue weighted by molar-refractivity contribution is 7.21. The first kappa shape index (κ1) is 42.5. The summed E-state index contributed by atoms with van der Waals surface area (Å²) in [5.74, 6) is 0.302. The maximum absolute atomic E-state index is 5.00. The minimum Gasteiger partial charge on any atom is -0.311 e. The topological polar surface area (TPSA) is 35.6 Å². The minimum atomic E-state index is 0.302. The third kappa shape index (κ3) is 7.33. The lowest BCUT2D eigenvalue weighted by molar-refractivity contribution is 0.832. The summed E-state index contributed by atoms with van der Waals surface area (Å²) >= 11 is 3.56. The van der Waals surface area contributed by atoms with Crippen molar-refractivity contribution in [2.75, 3.05) is 0 Å². The van der Waals surface area contributed by atoms with Crippen molar-refractivity contribution in [2.24, 2.45) is 0 Å². The lowest BCUT2D eigenvalue weighted by Crippen LogP contribution is -2.08. The average Bonchev–Trinajstić information content (AvgIpc) is 4.25. The Bertz CT molecular complexity index is 4090. The van der Waals surface area contributed by atoms with Crippen LogP contribution in [0.15, 0.2) is 248 Å². The first-order chi connectivity index (χ1) is 35.7. The number of hydrogen-bond acceptors (Lipinski definition) is 4. The molecule has 4 nitrogen and oxygen atoms in total. The van der Waals surface area contributed by atoms with Gasteiger partial charge in [0.1, 0.15) is 10.0 Å². The Hall–Kier alpha value is -8.42. The zero-order valence-electron chi connectivity index (χ0n) is 39.3. The van der Waals surface area contributed by atoms with Gasteiger partial charge in [-0.15, -0.1) is 22.7 Å². The van der Waals surface area contributed by atoms with Gasteiger partial charge in [-0.1, -0.05) is 182 Å². The van der Waals surface area contributed by atoms with E-state index in [-0.39, 0.29) is 0 Å². The smallest absolute Gasteiger partial charge is 0.124 e. The van der Waals surface area contributed by atoms with Crippen molar-refractivity contribution in [3.05, 3.63) is 253 Å². The highest BCUT2D eigenvalue weighted by atomic mass is 32.1. The maximum Gasteiger partial charge on any atom is 0.124 e. The van der Waals surface area contributed by atoms with Crippen molar-refractivity contribution >= 4 is 70.6 Å². The van der Waals surface area contributed by atoms with Crippen LogP contribution < -0.4 is 0 Å². The zero-order valence-corrected chi connectivity index (χ0v) is 41.0. The molecule has 342 valence electrons. The van der Waals surface area contributed by atoms with Gasteiger partial charge in [-0.25, -0.2) is 9.97 Å². The molecule has 0 aliphatic heterocycles. The largest absolute Gasteiger partial charge is 0.311 e. The molecule has 4 aromatic heterocycles. The van der Waals surface area contributed by atoms with Gasteiger partial charge >= 0.3 is 0 Å². The van der Waals surface area contributed by atoms with Crippen LogP contribution in [0.5, 0.6) is 0 Å². The van der Waals surface area contributed by atoms with E-state index < -0.39 is 0 Å². The molecule has 72 heavy (non-hydrogen) atoms. The monoisotopic (exact) mass is 958 g/mol. The number of para-hydroxylation sites is 4. The number of benzene rings is 8. The number of aromatic nitrogens is 4. The van der Waals surface area contributed by atoms with Crippen molar-refractivity contribution < 1.29 is 0 Å². The maximum atomic E-state index is 5.00. The molecule has 0 N–H and O–H groups in total. The van der Waals surface area contributed by atoms with Crippen LogP contribution in [0.2, 0.25) is 0 Å². The van der Waals surface area contributed by atoms with Gasteiger partial charge in [0.15, 0.2) is 0 Å². The molecule has 0 saturated carbocycles. The molecular weight excluding hydrogens is 913 g/mol. The molecule has 2 aliphatic rings.